The van der Waals surface area contributed by atoms with Gasteiger partial charge >= 0.3 is 5.97 Å². The molecule has 0 aliphatic heterocycles. The summed E-state index contributed by atoms with van der Waals surface area (Å²) in [6, 6.07) is 6.24. The highest BCUT2D eigenvalue weighted by Gasteiger charge is 2.17. The second-order valence-electron chi connectivity index (χ2n) is 4.30. The fourth-order valence-electron chi connectivity index (χ4n) is 1.65. The van der Waals surface area contributed by atoms with E-state index in [2.05, 4.69) is 9.71 Å². The summed E-state index contributed by atoms with van der Waals surface area (Å²) < 4.78 is 26.9. The molecule has 0 fully saturated rings. The van der Waals surface area contributed by atoms with E-state index in [1.54, 1.807) is 12.1 Å². The van der Waals surface area contributed by atoms with E-state index in [0.29, 0.717) is 17.7 Å². The molecule has 0 unspecified atom stereocenters. The normalized spacial score (nSPS) is 11.3. The van der Waals surface area contributed by atoms with Crippen molar-refractivity contribution < 1.29 is 18.3 Å². The molecular weight excluding hydrogens is 312 g/mol. The largest absolute Gasteiger partial charge is 0.481 e. The maximum atomic E-state index is 12.2. The van der Waals surface area contributed by atoms with Crippen LogP contribution in [0.15, 0.2) is 34.7 Å². The monoisotopic (exact) mass is 326 g/mol. The van der Waals surface area contributed by atoms with Crippen LogP contribution in [0.1, 0.15) is 17.5 Å². The molecule has 1 aromatic heterocycles. The molecule has 0 saturated carbocycles. The maximum absolute atomic E-state index is 12.2. The van der Waals surface area contributed by atoms with Gasteiger partial charge in [-0.15, -0.1) is 11.3 Å². The first-order valence-electron chi connectivity index (χ1n) is 6.19. The molecule has 0 amide bonds. The number of carbonyl (C=O) groups is 1. The van der Waals surface area contributed by atoms with Crippen LogP contribution in [0.2, 0.25) is 0 Å². The lowest BCUT2D eigenvalue weighted by Crippen LogP contribution is -2.11. The van der Waals surface area contributed by atoms with Crippen molar-refractivity contribution in [3.8, 4) is 0 Å². The van der Waals surface area contributed by atoms with Gasteiger partial charge in [-0.2, -0.15) is 0 Å². The Hall–Kier alpha value is -1.93. The van der Waals surface area contributed by atoms with Gasteiger partial charge in [-0.25, -0.2) is 13.4 Å². The number of aliphatic carboxylic acids is 1. The van der Waals surface area contributed by atoms with Crippen molar-refractivity contribution in [1.29, 1.82) is 0 Å². The van der Waals surface area contributed by atoms with E-state index in [1.165, 1.54) is 18.3 Å². The highest BCUT2D eigenvalue weighted by Crippen LogP contribution is 2.22. The number of benzene rings is 1. The van der Waals surface area contributed by atoms with Crippen LogP contribution in [0.4, 0.5) is 5.69 Å². The zero-order valence-corrected chi connectivity index (χ0v) is 12.9. The van der Waals surface area contributed by atoms with E-state index >= 15 is 0 Å². The summed E-state index contributed by atoms with van der Waals surface area (Å²) in [6.45, 7) is 1.91. The smallest absolute Gasteiger partial charge is 0.307 e. The number of hydrogen-bond donors (Lipinski definition) is 2. The highest BCUT2D eigenvalue weighted by atomic mass is 32.2. The van der Waals surface area contributed by atoms with E-state index in [-0.39, 0.29) is 10.6 Å². The summed E-state index contributed by atoms with van der Waals surface area (Å²) in [4.78, 5) is 14.6. The van der Waals surface area contributed by atoms with Crippen LogP contribution in [0.5, 0.6) is 0 Å². The van der Waals surface area contributed by atoms with Crippen LogP contribution in [0.25, 0.3) is 0 Å². The van der Waals surface area contributed by atoms with Crippen LogP contribution < -0.4 is 4.72 Å². The third kappa shape index (κ3) is 4.02. The summed E-state index contributed by atoms with van der Waals surface area (Å²) >= 11 is 1.13. The lowest BCUT2D eigenvalue weighted by atomic mass is 10.1. The SMILES string of the molecule is CCc1ncc(S(=O)(=O)Nc2ccc(CC(=O)O)cc2)s1. The van der Waals surface area contributed by atoms with Gasteiger partial charge in [0, 0.05) is 5.69 Å². The van der Waals surface area contributed by atoms with Gasteiger partial charge in [-0.3, -0.25) is 9.52 Å². The minimum atomic E-state index is -3.65. The Balaban J connectivity index is 2.14. The van der Waals surface area contributed by atoms with Crippen LogP contribution >= 0.6 is 11.3 Å². The number of aryl methyl sites for hydroxylation is 1. The molecule has 0 atom stereocenters. The second-order valence-corrected chi connectivity index (χ2v) is 7.32. The van der Waals surface area contributed by atoms with Crippen LogP contribution in [0.3, 0.4) is 0 Å². The predicted molar refractivity (Wildman–Crippen MR) is 80.1 cm³/mol. The molecule has 0 spiro atoms. The number of aromatic nitrogens is 1. The van der Waals surface area contributed by atoms with Gasteiger partial charge in [0.05, 0.1) is 17.6 Å². The molecule has 0 saturated heterocycles. The molecule has 112 valence electrons. The summed E-state index contributed by atoms with van der Waals surface area (Å²) in [5.41, 5.74) is 0.993. The molecule has 21 heavy (non-hydrogen) atoms. The molecule has 2 aromatic rings. The minimum Gasteiger partial charge on any atom is -0.481 e. The number of nitrogens with one attached hydrogen (secondary N) is 1. The van der Waals surface area contributed by atoms with Crippen LogP contribution in [0, 0.1) is 0 Å². The maximum Gasteiger partial charge on any atom is 0.307 e. The summed E-state index contributed by atoms with van der Waals surface area (Å²) in [5.74, 6) is -0.930. The van der Waals surface area contributed by atoms with Gasteiger partial charge in [0.1, 0.15) is 0 Å². The van der Waals surface area contributed by atoms with Gasteiger partial charge < -0.3 is 5.11 Å². The lowest BCUT2D eigenvalue weighted by molar-refractivity contribution is -0.136. The second kappa shape index (κ2) is 6.23. The molecule has 1 aromatic carbocycles. The molecule has 6 nitrogen and oxygen atoms in total. The van der Waals surface area contributed by atoms with E-state index in [4.69, 9.17) is 5.11 Å². The molecule has 8 heteroatoms. The number of hydrogen-bond acceptors (Lipinski definition) is 5. The fourth-order valence-corrected chi connectivity index (χ4v) is 3.83. The Labute approximate surface area is 126 Å². The average Bonchev–Trinajstić information content (AvgIpc) is 2.90. The van der Waals surface area contributed by atoms with Crippen molar-refractivity contribution in [3.63, 3.8) is 0 Å². The molecule has 2 rings (SSSR count). The third-order valence-electron chi connectivity index (χ3n) is 2.66. The topological polar surface area (TPSA) is 96.4 Å². The van der Waals surface area contributed by atoms with E-state index < -0.39 is 16.0 Å². The molecular formula is C13H14N2O4S2. The first kappa shape index (κ1) is 15.5. The number of thiazole rings is 1. The molecule has 2 N–H and O–H groups in total. The number of carboxylic acid groups (broad SMARTS) is 1. The van der Waals surface area contributed by atoms with Crippen molar-refractivity contribution >= 4 is 33.0 Å². The lowest BCUT2D eigenvalue weighted by Gasteiger charge is -2.06. The fraction of sp³-hybridized carbons (Fsp3) is 0.231. The Kier molecular flexibility index (Phi) is 4.59. The van der Waals surface area contributed by atoms with Crippen LogP contribution in [-0.4, -0.2) is 24.5 Å². The Bertz CT molecular complexity index is 736. The van der Waals surface area contributed by atoms with Crippen molar-refractivity contribution in [1.82, 2.24) is 4.98 Å². The number of nitrogens with zero attached hydrogens (tertiary/aromatic N) is 1. The summed E-state index contributed by atoms with van der Waals surface area (Å²) in [5, 5.41) is 9.44. The van der Waals surface area contributed by atoms with Crippen molar-refractivity contribution in [2.75, 3.05) is 4.72 Å². The third-order valence-corrected chi connectivity index (χ3v) is 5.65. The van der Waals surface area contributed by atoms with Crippen molar-refractivity contribution in [2.45, 2.75) is 24.0 Å². The minimum absolute atomic E-state index is 0.0955. The Morgan fingerprint density at radius 2 is 2.00 bits per heavy atom. The first-order chi connectivity index (χ1) is 9.90. The van der Waals surface area contributed by atoms with Crippen molar-refractivity contribution in [2.24, 2.45) is 0 Å². The standard InChI is InChI=1S/C13H14N2O4S2/c1-2-11-14-8-13(20-11)21(18,19)15-10-5-3-9(4-6-10)7-12(16)17/h3-6,8,15H,2,7H2,1H3,(H,16,17). The molecule has 0 aliphatic carbocycles. The van der Waals surface area contributed by atoms with Crippen LogP contribution in [-0.2, 0) is 27.7 Å². The number of rotatable bonds is 6. The van der Waals surface area contributed by atoms with Gasteiger partial charge in [0.15, 0.2) is 4.21 Å². The zero-order chi connectivity index (χ0) is 15.5. The summed E-state index contributed by atoms with van der Waals surface area (Å²) in [7, 11) is -3.65. The first-order valence-corrected chi connectivity index (χ1v) is 8.49. The van der Waals surface area contributed by atoms with E-state index in [9.17, 15) is 13.2 Å². The van der Waals surface area contributed by atoms with Gasteiger partial charge in [-0.05, 0) is 24.1 Å². The Morgan fingerprint density at radius 1 is 1.33 bits per heavy atom. The molecule has 0 radical (unpaired) electrons. The number of carboxylic acids is 1. The number of sulfonamides is 1. The molecule has 0 aliphatic rings. The molecule has 0 bridgehead atoms. The predicted octanol–water partition coefficient (Wildman–Crippen LogP) is 2.13. The van der Waals surface area contributed by atoms with Gasteiger partial charge in [0.25, 0.3) is 10.0 Å². The Morgan fingerprint density at radius 3 is 2.52 bits per heavy atom. The highest BCUT2D eigenvalue weighted by molar-refractivity contribution is 7.94. The quantitative estimate of drug-likeness (QED) is 0.847. The average molecular weight is 326 g/mol. The zero-order valence-electron chi connectivity index (χ0n) is 11.2. The van der Waals surface area contributed by atoms with Gasteiger partial charge in [0.2, 0.25) is 0 Å². The number of anilines is 1. The van der Waals surface area contributed by atoms with E-state index in [1.807, 2.05) is 6.92 Å². The van der Waals surface area contributed by atoms with Gasteiger partial charge in [-0.1, -0.05) is 19.1 Å². The summed E-state index contributed by atoms with van der Waals surface area (Å²) in [6.07, 6.45) is 1.93. The van der Waals surface area contributed by atoms with Crippen molar-refractivity contribution in [3.05, 3.63) is 41.0 Å². The van der Waals surface area contributed by atoms with E-state index in [0.717, 1.165) is 16.3 Å². The molecule has 1 heterocycles.